The topological polar surface area (TPSA) is 0 Å². The third-order valence-corrected chi connectivity index (χ3v) is 3.75. The summed E-state index contributed by atoms with van der Waals surface area (Å²) in [7, 11) is -0.963. The van der Waals surface area contributed by atoms with Crippen molar-refractivity contribution in [3.8, 4) is 0 Å². The minimum absolute atomic E-state index is 0.963. The Hall–Kier alpha value is 0.247. The molecule has 1 unspecified atom stereocenters. The minimum Gasteiger partial charge on any atom is -0.166 e. The number of hydrogen-bond acceptors (Lipinski definition) is 0. The van der Waals surface area contributed by atoms with E-state index in [9.17, 15) is 0 Å². The molecule has 0 N–H and O–H groups in total. The highest BCUT2D eigenvalue weighted by Gasteiger charge is 1.97. The smallest absolute Gasteiger partial charge is 0.163 e. The lowest BCUT2D eigenvalue weighted by Gasteiger charge is -1.96. The van der Waals surface area contributed by atoms with Crippen LogP contribution in [0, 0.1) is 0 Å². The summed E-state index contributed by atoms with van der Waals surface area (Å²) in [4.78, 5) is 0. The number of hydrogen-bond donors (Lipinski definition) is 0. The van der Waals surface area contributed by atoms with Crippen LogP contribution in [0.15, 0.2) is 12.3 Å². The maximum atomic E-state index is 5.86. The van der Waals surface area contributed by atoms with Gasteiger partial charge in [0, 0.05) is 0 Å². The second-order valence-electron chi connectivity index (χ2n) is 1.89. The number of halogens is 1. The molecular weight excluding hydrogens is 136 g/mol. The summed E-state index contributed by atoms with van der Waals surface area (Å²) in [6.45, 7) is 5.82. The van der Waals surface area contributed by atoms with E-state index < -0.39 is 8.11 Å². The highest BCUT2D eigenvalue weighted by Crippen LogP contribution is 2.04. The Balaban J connectivity index is 2.98. The molecule has 1 atom stereocenters. The highest BCUT2D eigenvalue weighted by molar-refractivity contribution is 7.09. The first-order valence-electron chi connectivity index (χ1n) is 3.08. The van der Waals surface area contributed by atoms with E-state index in [-0.39, 0.29) is 0 Å². The molecule has 0 amide bonds. The van der Waals surface area contributed by atoms with E-state index in [0.29, 0.717) is 0 Å². The standard InChI is InChI=1S/C6H13ClSi/c1-3-5-6-8(7)4-2/h4,8H,2-3,5-6H2,1H3. The molecule has 2 heteroatoms. The summed E-state index contributed by atoms with van der Waals surface area (Å²) >= 11 is 5.86. The van der Waals surface area contributed by atoms with Crippen molar-refractivity contribution in [1.29, 1.82) is 0 Å². The van der Waals surface area contributed by atoms with Crippen LogP contribution in [0.3, 0.4) is 0 Å². The van der Waals surface area contributed by atoms with Crippen molar-refractivity contribution >= 4 is 19.2 Å². The molecule has 0 aromatic rings. The van der Waals surface area contributed by atoms with Gasteiger partial charge in [0.2, 0.25) is 0 Å². The van der Waals surface area contributed by atoms with Crippen LogP contribution >= 0.6 is 11.1 Å². The summed E-state index contributed by atoms with van der Waals surface area (Å²) in [5, 5.41) is 0. The molecule has 0 aliphatic rings. The van der Waals surface area contributed by atoms with Crippen LogP contribution in [-0.2, 0) is 0 Å². The fraction of sp³-hybridized carbons (Fsp3) is 0.667. The second-order valence-corrected chi connectivity index (χ2v) is 5.66. The monoisotopic (exact) mass is 148 g/mol. The number of rotatable bonds is 4. The van der Waals surface area contributed by atoms with E-state index in [1.165, 1.54) is 18.9 Å². The Morgan fingerprint density at radius 2 is 2.38 bits per heavy atom. The lowest BCUT2D eigenvalue weighted by molar-refractivity contribution is 0.879. The minimum atomic E-state index is -0.963. The summed E-state index contributed by atoms with van der Waals surface area (Å²) < 4.78 is 0. The van der Waals surface area contributed by atoms with E-state index in [0.717, 1.165) is 0 Å². The Kier molecular flexibility index (Phi) is 5.55. The predicted molar refractivity (Wildman–Crippen MR) is 42.9 cm³/mol. The maximum absolute atomic E-state index is 5.86. The maximum Gasteiger partial charge on any atom is 0.163 e. The van der Waals surface area contributed by atoms with E-state index in [1.807, 2.05) is 5.70 Å². The lowest BCUT2D eigenvalue weighted by Crippen LogP contribution is -1.96. The Morgan fingerprint density at radius 3 is 2.75 bits per heavy atom. The first kappa shape index (κ1) is 8.25. The fourth-order valence-corrected chi connectivity index (χ4v) is 2.01. The van der Waals surface area contributed by atoms with Crippen LogP contribution in [0.1, 0.15) is 19.8 Å². The molecule has 0 rings (SSSR count). The molecule has 0 nitrogen and oxygen atoms in total. The zero-order chi connectivity index (χ0) is 6.41. The van der Waals surface area contributed by atoms with Crippen LogP contribution in [0.2, 0.25) is 6.04 Å². The van der Waals surface area contributed by atoms with Crippen LogP contribution in [0.25, 0.3) is 0 Å². The molecule has 0 aliphatic carbocycles. The van der Waals surface area contributed by atoms with Gasteiger partial charge >= 0.3 is 0 Å². The van der Waals surface area contributed by atoms with Gasteiger partial charge in [-0.2, -0.15) is 11.1 Å². The van der Waals surface area contributed by atoms with E-state index >= 15 is 0 Å². The van der Waals surface area contributed by atoms with Crippen molar-refractivity contribution in [3.05, 3.63) is 12.3 Å². The molecule has 0 bridgehead atoms. The number of unbranched alkanes of at least 4 members (excludes halogenated alkanes) is 1. The summed E-state index contributed by atoms with van der Waals surface area (Å²) in [6, 6.07) is 1.21. The zero-order valence-electron chi connectivity index (χ0n) is 5.36. The molecule has 8 heavy (non-hydrogen) atoms. The van der Waals surface area contributed by atoms with Gasteiger partial charge in [-0.25, -0.2) is 0 Å². The lowest BCUT2D eigenvalue weighted by atomic mass is 10.4. The predicted octanol–water partition coefficient (Wildman–Crippen LogP) is 2.47. The first-order valence-corrected chi connectivity index (χ1v) is 6.30. The van der Waals surface area contributed by atoms with Gasteiger partial charge in [-0.15, -0.1) is 6.58 Å². The summed E-state index contributed by atoms with van der Waals surface area (Å²) in [6.07, 6.45) is 2.52. The Morgan fingerprint density at radius 1 is 1.75 bits per heavy atom. The molecule has 0 aromatic carbocycles. The van der Waals surface area contributed by atoms with Crippen molar-refractivity contribution in [1.82, 2.24) is 0 Å². The van der Waals surface area contributed by atoms with Gasteiger partial charge < -0.3 is 0 Å². The van der Waals surface area contributed by atoms with Crippen LogP contribution in [0.5, 0.6) is 0 Å². The summed E-state index contributed by atoms with van der Waals surface area (Å²) in [5.41, 5.74) is 1.93. The molecule has 48 valence electrons. The van der Waals surface area contributed by atoms with Crippen molar-refractivity contribution < 1.29 is 0 Å². The van der Waals surface area contributed by atoms with Gasteiger partial charge in [0.05, 0.1) is 0 Å². The molecule has 0 saturated carbocycles. The molecule has 0 spiro atoms. The SMILES string of the molecule is C=C[SiH](Cl)CCCC. The van der Waals surface area contributed by atoms with Crippen LogP contribution in [-0.4, -0.2) is 8.11 Å². The second kappa shape index (κ2) is 5.38. The molecule has 0 fully saturated rings. The highest BCUT2D eigenvalue weighted by atomic mass is 35.6. The molecule has 0 aliphatic heterocycles. The van der Waals surface area contributed by atoms with E-state index in [2.05, 4.69) is 13.5 Å². The van der Waals surface area contributed by atoms with Gasteiger partial charge in [-0.05, 0) is 6.04 Å². The normalized spacial score (nSPS) is 13.2. The molecule has 0 saturated heterocycles. The summed E-state index contributed by atoms with van der Waals surface area (Å²) in [5.74, 6) is 0. The van der Waals surface area contributed by atoms with Crippen molar-refractivity contribution in [2.45, 2.75) is 25.8 Å². The molecular formula is C6H13ClSi. The van der Waals surface area contributed by atoms with Gasteiger partial charge in [-0.1, -0.05) is 25.5 Å². The van der Waals surface area contributed by atoms with Gasteiger partial charge in [-0.3, -0.25) is 0 Å². The first-order chi connectivity index (χ1) is 3.81. The van der Waals surface area contributed by atoms with Crippen molar-refractivity contribution in [3.63, 3.8) is 0 Å². The van der Waals surface area contributed by atoms with Gasteiger partial charge in [0.15, 0.2) is 8.11 Å². The van der Waals surface area contributed by atoms with Crippen LogP contribution < -0.4 is 0 Å². The molecule has 0 radical (unpaired) electrons. The third kappa shape index (κ3) is 4.41. The van der Waals surface area contributed by atoms with Crippen LogP contribution in [0.4, 0.5) is 0 Å². The van der Waals surface area contributed by atoms with Gasteiger partial charge in [0.25, 0.3) is 0 Å². The van der Waals surface area contributed by atoms with Crippen molar-refractivity contribution in [2.24, 2.45) is 0 Å². The Labute approximate surface area is 57.9 Å². The largest absolute Gasteiger partial charge is 0.166 e. The van der Waals surface area contributed by atoms with E-state index in [1.54, 1.807) is 0 Å². The molecule has 0 aromatic heterocycles. The fourth-order valence-electron chi connectivity index (χ4n) is 0.517. The quantitative estimate of drug-likeness (QED) is 0.425. The molecule has 0 heterocycles. The average Bonchev–Trinajstić information content (AvgIpc) is 1.83. The third-order valence-electron chi connectivity index (χ3n) is 1.09. The Bertz CT molecular complexity index is 63.5. The average molecular weight is 149 g/mol. The van der Waals surface area contributed by atoms with E-state index in [4.69, 9.17) is 11.1 Å². The van der Waals surface area contributed by atoms with Crippen molar-refractivity contribution in [2.75, 3.05) is 0 Å². The van der Waals surface area contributed by atoms with Gasteiger partial charge in [0.1, 0.15) is 0 Å². The zero-order valence-corrected chi connectivity index (χ0v) is 7.27.